The average molecular weight is 350 g/mol. The van der Waals surface area contributed by atoms with Gasteiger partial charge in [-0.05, 0) is 63.8 Å². The Balaban J connectivity index is 2.89. The van der Waals surface area contributed by atoms with Gasteiger partial charge in [-0.25, -0.2) is 0 Å². The van der Waals surface area contributed by atoms with Crippen LogP contribution in [0.1, 0.15) is 70.9 Å². The zero-order valence-electron chi connectivity index (χ0n) is 17.0. The van der Waals surface area contributed by atoms with Crippen molar-refractivity contribution in [3.63, 3.8) is 0 Å². The minimum atomic E-state index is -0.803. The standard InChI is InChI=1S/C21H35NO3/c1-8-10-11-12-21(6,24-7)20(23)22-18-13-15(3)19(16(4)14-18)25-17(5)9-2/h13-14,17H,8-12H2,1-7H3,(H,22,23)/t17-,21+/m1/s1. The van der Waals surface area contributed by atoms with E-state index < -0.39 is 5.60 Å². The number of ether oxygens (including phenoxy) is 2. The van der Waals surface area contributed by atoms with Gasteiger partial charge in [-0.2, -0.15) is 0 Å². The fourth-order valence-electron chi connectivity index (χ4n) is 2.78. The molecule has 0 spiro atoms. The van der Waals surface area contributed by atoms with Gasteiger partial charge in [0.1, 0.15) is 11.4 Å². The Bertz CT molecular complexity index is 547. The van der Waals surface area contributed by atoms with Gasteiger partial charge >= 0.3 is 0 Å². The van der Waals surface area contributed by atoms with Crippen LogP contribution in [0.15, 0.2) is 12.1 Å². The molecule has 0 heterocycles. The van der Waals surface area contributed by atoms with Crippen LogP contribution in [0.4, 0.5) is 5.69 Å². The van der Waals surface area contributed by atoms with Crippen LogP contribution in [-0.2, 0) is 9.53 Å². The molecule has 0 unspecified atom stereocenters. The van der Waals surface area contributed by atoms with E-state index >= 15 is 0 Å². The normalized spacial score (nSPS) is 14.7. The molecule has 1 amide bonds. The molecule has 1 aromatic carbocycles. The van der Waals surface area contributed by atoms with Crippen LogP contribution < -0.4 is 10.1 Å². The summed E-state index contributed by atoms with van der Waals surface area (Å²) in [5, 5.41) is 3.02. The van der Waals surface area contributed by atoms with E-state index in [4.69, 9.17) is 9.47 Å². The number of hydrogen-bond acceptors (Lipinski definition) is 3. The first-order chi connectivity index (χ1) is 11.8. The Kier molecular flexibility index (Phi) is 8.43. The maximum Gasteiger partial charge on any atom is 0.256 e. The first kappa shape index (κ1) is 21.5. The zero-order valence-corrected chi connectivity index (χ0v) is 17.0. The summed E-state index contributed by atoms with van der Waals surface area (Å²) >= 11 is 0. The van der Waals surface area contributed by atoms with Crippen LogP contribution in [0.2, 0.25) is 0 Å². The molecule has 0 aliphatic rings. The molecule has 0 bridgehead atoms. The molecule has 0 saturated heterocycles. The van der Waals surface area contributed by atoms with E-state index in [1.807, 2.05) is 32.9 Å². The van der Waals surface area contributed by atoms with Gasteiger partial charge in [-0.1, -0.05) is 33.1 Å². The molecule has 0 saturated carbocycles. The van der Waals surface area contributed by atoms with E-state index in [-0.39, 0.29) is 12.0 Å². The zero-order chi connectivity index (χ0) is 19.0. The number of unbranched alkanes of at least 4 members (excludes halogenated alkanes) is 2. The van der Waals surface area contributed by atoms with Crippen molar-refractivity contribution in [3.8, 4) is 5.75 Å². The van der Waals surface area contributed by atoms with Crippen LogP contribution in [0.3, 0.4) is 0 Å². The number of methoxy groups -OCH3 is 1. The third-order valence-electron chi connectivity index (χ3n) is 4.80. The first-order valence-corrected chi connectivity index (χ1v) is 9.41. The summed E-state index contributed by atoms with van der Waals surface area (Å²) in [6, 6.07) is 3.93. The highest BCUT2D eigenvalue weighted by Crippen LogP contribution is 2.29. The first-order valence-electron chi connectivity index (χ1n) is 9.41. The predicted octanol–water partition coefficient (Wildman–Crippen LogP) is 5.40. The lowest BCUT2D eigenvalue weighted by Crippen LogP contribution is -2.42. The summed E-state index contributed by atoms with van der Waals surface area (Å²) < 4.78 is 11.5. The minimum Gasteiger partial charge on any atom is -0.490 e. The van der Waals surface area contributed by atoms with Gasteiger partial charge in [0.25, 0.3) is 5.91 Å². The van der Waals surface area contributed by atoms with E-state index in [0.717, 1.165) is 54.7 Å². The van der Waals surface area contributed by atoms with E-state index in [0.29, 0.717) is 0 Å². The van der Waals surface area contributed by atoms with E-state index in [1.165, 1.54) is 0 Å². The van der Waals surface area contributed by atoms with Crippen molar-refractivity contribution in [3.05, 3.63) is 23.3 Å². The third kappa shape index (κ3) is 6.03. The molecule has 0 radical (unpaired) electrons. The van der Waals surface area contributed by atoms with Crippen molar-refractivity contribution in [2.24, 2.45) is 0 Å². The average Bonchev–Trinajstić information content (AvgIpc) is 2.57. The second-order valence-corrected chi connectivity index (χ2v) is 7.12. The van der Waals surface area contributed by atoms with E-state index in [9.17, 15) is 4.79 Å². The SMILES string of the molecule is CCCCC[C@](C)(OC)C(=O)Nc1cc(C)c(O[C@H](C)CC)c(C)c1. The van der Waals surface area contributed by atoms with E-state index in [1.54, 1.807) is 7.11 Å². The number of benzene rings is 1. The number of carbonyl (C=O) groups is 1. The largest absolute Gasteiger partial charge is 0.490 e. The van der Waals surface area contributed by atoms with Crippen molar-refractivity contribution in [2.45, 2.75) is 85.4 Å². The maximum absolute atomic E-state index is 12.7. The van der Waals surface area contributed by atoms with Gasteiger partial charge < -0.3 is 14.8 Å². The van der Waals surface area contributed by atoms with Crippen molar-refractivity contribution >= 4 is 11.6 Å². The Hall–Kier alpha value is -1.55. The van der Waals surface area contributed by atoms with Gasteiger partial charge in [-0.3, -0.25) is 4.79 Å². The van der Waals surface area contributed by atoms with Crippen LogP contribution in [0, 0.1) is 13.8 Å². The molecule has 0 aromatic heterocycles. The number of anilines is 1. The molecule has 0 fully saturated rings. The van der Waals surface area contributed by atoms with Crippen molar-refractivity contribution in [1.82, 2.24) is 0 Å². The number of rotatable bonds is 10. The highest BCUT2D eigenvalue weighted by molar-refractivity contribution is 5.97. The summed E-state index contributed by atoms with van der Waals surface area (Å²) in [7, 11) is 1.60. The molecule has 0 aliphatic carbocycles. The molecule has 0 aliphatic heterocycles. The summed E-state index contributed by atoms with van der Waals surface area (Å²) in [4.78, 5) is 12.7. The molecular weight excluding hydrogens is 314 g/mol. The topological polar surface area (TPSA) is 47.6 Å². The lowest BCUT2D eigenvalue weighted by Gasteiger charge is -2.27. The Labute approximate surface area is 153 Å². The van der Waals surface area contributed by atoms with Crippen LogP contribution >= 0.6 is 0 Å². The molecule has 1 aromatic rings. The lowest BCUT2D eigenvalue weighted by atomic mass is 9.96. The van der Waals surface area contributed by atoms with Gasteiger partial charge in [0, 0.05) is 12.8 Å². The van der Waals surface area contributed by atoms with E-state index in [2.05, 4.69) is 26.1 Å². The quantitative estimate of drug-likeness (QED) is 0.575. The second kappa shape index (κ2) is 9.81. The van der Waals surface area contributed by atoms with Crippen LogP contribution in [0.5, 0.6) is 5.75 Å². The third-order valence-corrected chi connectivity index (χ3v) is 4.80. The highest BCUT2D eigenvalue weighted by Gasteiger charge is 2.32. The maximum atomic E-state index is 12.7. The van der Waals surface area contributed by atoms with Crippen LogP contribution in [-0.4, -0.2) is 24.7 Å². The molecule has 1 rings (SSSR count). The summed E-state index contributed by atoms with van der Waals surface area (Å²) in [6.07, 6.45) is 5.06. The van der Waals surface area contributed by atoms with Gasteiger partial charge in [-0.15, -0.1) is 0 Å². The number of hydrogen-bond donors (Lipinski definition) is 1. The van der Waals surface area contributed by atoms with Gasteiger partial charge in [0.2, 0.25) is 0 Å². The number of aryl methyl sites for hydroxylation is 2. The molecular formula is C21H35NO3. The minimum absolute atomic E-state index is 0.0968. The fraction of sp³-hybridized carbons (Fsp3) is 0.667. The van der Waals surface area contributed by atoms with Crippen molar-refractivity contribution in [1.29, 1.82) is 0 Å². The molecule has 1 N–H and O–H groups in total. The molecule has 4 heteroatoms. The fourth-order valence-corrected chi connectivity index (χ4v) is 2.78. The molecule has 4 nitrogen and oxygen atoms in total. The highest BCUT2D eigenvalue weighted by atomic mass is 16.5. The Morgan fingerprint density at radius 2 is 1.80 bits per heavy atom. The predicted molar refractivity (Wildman–Crippen MR) is 104 cm³/mol. The number of carbonyl (C=O) groups excluding carboxylic acids is 1. The lowest BCUT2D eigenvalue weighted by molar-refractivity contribution is -0.136. The second-order valence-electron chi connectivity index (χ2n) is 7.12. The molecule has 142 valence electrons. The summed E-state index contributed by atoms with van der Waals surface area (Å²) in [6.45, 7) is 12.2. The van der Waals surface area contributed by atoms with Gasteiger partial charge in [0.05, 0.1) is 6.10 Å². The smallest absolute Gasteiger partial charge is 0.256 e. The molecule has 25 heavy (non-hydrogen) atoms. The Morgan fingerprint density at radius 1 is 1.20 bits per heavy atom. The summed E-state index contributed by atoms with van der Waals surface area (Å²) in [5.74, 6) is 0.810. The number of nitrogens with one attached hydrogen (secondary N) is 1. The molecule has 2 atom stereocenters. The van der Waals surface area contributed by atoms with Crippen molar-refractivity contribution in [2.75, 3.05) is 12.4 Å². The van der Waals surface area contributed by atoms with Crippen LogP contribution in [0.25, 0.3) is 0 Å². The van der Waals surface area contributed by atoms with Gasteiger partial charge in [0.15, 0.2) is 0 Å². The number of amides is 1. The monoisotopic (exact) mass is 349 g/mol. The Morgan fingerprint density at radius 3 is 2.28 bits per heavy atom. The van der Waals surface area contributed by atoms with Crippen molar-refractivity contribution < 1.29 is 14.3 Å². The summed E-state index contributed by atoms with van der Waals surface area (Å²) in [5.41, 5.74) is 2.04.